The predicted octanol–water partition coefficient (Wildman–Crippen LogP) is 15.8. The van der Waals surface area contributed by atoms with Crippen LogP contribution in [0.4, 0.5) is 0 Å². The van der Waals surface area contributed by atoms with E-state index in [4.69, 9.17) is 0 Å². The Balaban J connectivity index is 1.77. The fourth-order valence-electron chi connectivity index (χ4n) is 13.2. The van der Waals surface area contributed by atoms with Crippen molar-refractivity contribution in [3.63, 3.8) is 0 Å². The molecule has 8 bridgehead atoms. The third-order valence-corrected chi connectivity index (χ3v) is 15.9. The highest BCUT2D eigenvalue weighted by Crippen LogP contribution is 2.38. The Labute approximate surface area is 481 Å². The number of hydrogen-bond acceptors (Lipinski definition) is 0. The fraction of sp³-hybridized carbons (Fsp3) is 0.421. The lowest BCUT2D eigenvalue weighted by Gasteiger charge is -2.18. The monoisotopic (exact) mass is 1060 g/mol. The summed E-state index contributed by atoms with van der Waals surface area (Å²) in [5.41, 5.74) is 23.9. The van der Waals surface area contributed by atoms with Crippen molar-refractivity contribution in [3.05, 3.63) is 233 Å². The fourth-order valence-corrected chi connectivity index (χ4v) is 13.2. The number of hydrogen-bond donors (Lipinski definition) is 2. The minimum atomic E-state index is 0.361. The van der Waals surface area contributed by atoms with Gasteiger partial charge in [0.15, 0.2) is 0 Å². The molecule has 1 aliphatic rings. The van der Waals surface area contributed by atoms with Gasteiger partial charge in [0, 0.05) is 46.8 Å². The van der Waals surface area contributed by atoms with Crippen LogP contribution in [-0.4, -0.2) is 19.1 Å². The molecule has 4 aromatic heterocycles. The molecule has 0 spiro atoms. The third kappa shape index (κ3) is 12.2. The van der Waals surface area contributed by atoms with Gasteiger partial charge in [-0.1, -0.05) is 232 Å². The van der Waals surface area contributed by atoms with Crippen LogP contribution in [0.2, 0.25) is 0 Å². The zero-order valence-corrected chi connectivity index (χ0v) is 51.9. The van der Waals surface area contributed by atoms with Gasteiger partial charge >= 0.3 is 0 Å². The van der Waals surface area contributed by atoms with E-state index in [1.165, 1.54) is 111 Å². The van der Waals surface area contributed by atoms with Crippen LogP contribution in [0.15, 0.2) is 133 Å². The maximum Gasteiger partial charge on any atom is 0.0548 e. The van der Waals surface area contributed by atoms with Crippen LogP contribution in [0, 0.1) is 47.3 Å². The van der Waals surface area contributed by atoms with Crippen LogP contribution in [-0.2, 0) is 51.6 Å². The Bertz CT molecular complexity index is 3400. The molecule has 0 aliphatic carbocycles. The molecule has 9 rings (SSSR count). The summed E-state index contributed by atoms with van der Waals surface area (Å²) in [5, 5.41) is 5.43. The lowest BCUT2D eigenvalue weighted by molar-refractivity contribution is 0.504. The molecule has 2 N–H and O–H groups in total. The summed E-state index contributed by atoms with van der Waals surface area (Å²) in [4.78, 5) is 9.01. The van der Waals surface area contributed by atoms with E-state index in [2.05, 4.69) is 263 Å². The van der Waals surface area contributed by atoms with Gasteiger partial charge < -0.3 is 19.1 Å². The molecule has 0 amide bonds. The highest BCUT2D eigenvalue weighted by atomic mass is 15.0. The third-order valence-electron chi connectivity index (χ3n) is 15.9. The molecule has 0 radical (unpaired) electrons. The average Bonchev–Trinajstić information content (AvgIpc) is 4.17. The van der Waals surface area contributed by atoms with Crippen LogP contribution in [0.5, 0.6) is 0 Å². The molecule has 0 fully saturated rings. The van der Waals surface area contributed by atoms with Crippen LogP contribution < -0.4 is 21.4 Å². The minimum absolute atomic E-state index is 0.361. The van der Waals surface area contributed by atoms with Crippen molar-refractivity contribution in [1.29, 1.82) is 0 Å². The molecule has 420 valence electrons. The number of aromatic amines is 2. The number of rotatable bonds is 20. The SMILES string of the molecule is CC(C)Cc1c2[nH]c(c1CC(C)C)C(c1ccccc1)=c1c(CC(C)C)c(CC(C)C)c(n1CC(C)C)=C(c1ccccc1)c1ccc([nH]1)C(c1ccccc1)=c1c(CC(C)C)c(CC(C)C)c(n1CC(C)C)=C2c1ccccc1. The Kier molecular flexibility index (Phi) is 18.2. The second-order valence-corrected chi connectivity index (χ2v) is 27.0. The quantitative estimate of drug-likeness (QED) is 0.0764. The number of aromatic nitrogens is 4. The molecule has 5 heterocycles. The topological polar surface area (TPSA) is 41.4 Å². The van der Waals surface area contributed by atoms with Gasteiger partial charge in [0.2, 0.25) is 0 Å². The van der Waals surface area contributed by atoms with E-state index < -0.39 is 0 Å². The first kappa shape index (κ1) is 58.1. The Morgan fingerprint density at radius 2 is 0.500 bits per heavy atom. The van der Waals surface area contributed by atoms with Gasteiger partial charge in [0.25, 0.3) is 0 Å². The number of nitrogens with zero attached hydrogens (tertiary/aromatic N) is 2. The molecule has 0 atom stereocenters. The maximum absolute atomic E-state index is 4.65. The Hall–Kier alpha value is -6.52. The van der Waals surface area contributed by atoms with E-state index >= 15 is 0 Å². The smallest absolute Gasteiger partial charge is 0.0548 e. The average molecular weight is 1070 g/mol. The summed E-state index contributed by atoms with van der Waals surface area (Å²) in [6.07, 6.45) is 5.76. The van der Waals surface area contributed by atoms with Crippen molar-refractivity contribution in [2.75, 3.05) is 0 Å². The Morgan fingerprint density at radius 1 is 0.263 bits per heavy atom. The highest BCUT2D eigenvalue weighted by Gasteiger charge is 2.32. The van der Waals surface area contributed by atoms with Crippen LogP contribution in [0.1, 0.15) is 189 Å². The number of nitrogens with one attached hydrogen (secondary N) is 2. The first-order chi connectivity index (χ1) is 38.3. The van der Waals surface area contributed by atoms with Gasteiger partial charge in [-0.05, 0) is 154 Å². The standard InChI is InChI=1S/C76H96N4/c1-47(2)39-59-60(40-48(3)4)72-70(58-35-27-20-28-36-58)76-64(44-52(11)12)62(42-50(7)8)74(80(76)46-54(15)16)68(56-31-23-18-24-32-56)66-38-37-65(77-66)67(55-29-21-17-22-30-55)73-61(41-49(5)6)63(43-51(9)10)75(79(73)45-53(13)14)69(71(59)78-72)57-33-25-19-26-34-57/h17-38,47-54,77-78H,39-46H2,1-16H3. The zero-order valence-electron chi connectivity index (χ0n) is 51.9. The van der Waals surface area contributed by atoms with Crippen LogP contribution in [0.25, 0.3) is 22.3 Å². The minimum Gasteiger partial charge on any atom is -0.354 e. The molecular weight excluding hydrogens is 969 g/mol. The lowest BCUT2D eigenvalue weighted by Crippen LogP contribution is -2.35. The van der Waals surface area contributed by atoms with Crippen molar-refractivity contribution >= 4 is 22.3 Å². The molecular formula is C76H96N4. The molecule has 4 heteroatoms. The van der Waals surface area contributed by atoms with Gasteiger partial charge in [-0.15, -0.1) is 0 Å². The summed E-state index contributed by atoms with van der Waals surface area (Å²) in [7, 11) is 0. The molecule has 8 aromatic rings. The van der Waals surface area contributed by atoms with E-state index in [0.717, 1.165) is 63.0 Å². The van der Waals surface area contributed by atoms with E-state index in [1.54, 1.807) is 0 Å². The Morgan fingerprint density at radius 3 is 0.750 bits per heavy atom. The van der Waals surface area contributed by atoms with Gasteiger partial charge in [0.1, 0.15) is 0 Å². The van der Waals surface area contributed by atoms with Gasteiger partial charge in [-0.2, -0.15) is 0 Å². The van der Waals surface area contributed by atoms with Crippen molar-refractivity contribution in [1.82, 2.24) is 19.1 Å². The van der Waals surface area contributed by atoms with Gasteiger partial charge in [-0.3, -0.25) is 0 Å². The number of H-pyrrole nitrogens is 2. The van der Waals surface area contributed by atoms with E-state index in [0.29, 0.717) is 47.3 Å². The van der Waals surface area contributed by atoms with Crippen LogP contribution in [0.3, 0.4) is 0 Å². The largest absolute Gasteiger partial charge is 0.354 e. The molecule has 4 aromatic carbocycles. The summed E-state index contributed by atoms with van der Waals surface area (Å²) in [6.45, 7) is 40.6. The van der Waals surface area contributed by atoms with Gasteiger partial charge in [0.05, 0.1) is 32.8 Å². The number of fused-ring (bicyclic) bond motifs is 8. The highest BCUT2D eigenvalue weighted by molar-refractivity contribution is 5.88. The zero-order chi connectivity index (χ0) is 57.1. The summed E-state index contributed by atoms with van der Waals surface area (Å²) >= 11 is 0. The molecule has 4 nitrogen and oxygen atoms in total. The van der Waals surface area contributed by atoms with Crippen molar-refractivity contribution in [2.24, 2.45) is 47.3 Å². The van der Waals surface area contributed by atoms with Crippen molar-refractivity contribution in [2.45, 2.75) is 162 Å². The maximum atomic E-state index is 4.65. The van der Waals surface area contributed by atoms with E-state index in [1.807, 2.05) is 0 Å². The second kappa shape index (κ2) is 25.1. The molecule has 1 aliphatic heterocycles. The summed E-state index contributed by atoms with van der Waals surface area (Å²) in [5.74, 6) is 3.21. The first-order valence-corrected chi connectivity index (χ1v) is 31.0. The van der Waals surface area contributed by atoms with Crippen LogP contribution >= 0.6 is 0 Å². The molecule has 0 saturated heterocycles. The molecule has 80 heavy (non-hydrogen) atoms. The number of benzene rings is 4. The molecule has 0 unspecified atom stereocenters. The van der Waals surface area contributed by atoms with Crippen molar-refractivity contribution in [3.8, 4) is 0 Å². The van der Waals surface area contributed by atoms with E-state index in [-0.39, 0.29) is 0 Å². The summed E-state index contributed by atoms with van der Waals surface area (Å²) in [6, 6.07) is 50.8. The normalized spacial score (nSPS) is 13.2. The second-order valence-electron chi connectivity index (χ2n) is 27.0. The summed E-state index contributed by atoms with van der Waals surface area (Å²) < 4.78 is 5.67. The van der Waals surface area contributed by atoms with Gasteiger partial charge in [-0.25, -0.2) is 0 Å². The van der Waals surface area contributed by atoms with Crippen molar-refractivity contribution < 1.29 is 0 Å². The lowest BCUT2D eigenvalue weighted by atomic mass is 9.86. The first-order valence-electron chi connectivity index (χ1n) is 31.0. The van der Waals surface area contributed by atoms with E-state index in [9.17, 15) is 0 Å². The predicted molar refractivity (Wildman–Crippen MR) is 342 cm³/mol. The molecule has 0 saturated carbocycles.